The molecule has 0 radical (unpaired) electrons. The van der Waals surface area contributed by atoms with Gasteiger partial charge in [-0.2, -0.15) is 0 Å². The van der Waals surface area contributed by atoms with E-state index in [0.29, 0.717) is 17.1 Å². The smallest absolute Gasteiger partial charge is 0.331 e. The zero-order valence-electron chi connectivity index (χ0n) is 11.1. The van der Waals surface area contributed by atoms with E-state index in [1.807, 2.05) is 0 Å². The number of sulfonamides is 1. The van der Waals surface area contributed by atoms with Crippen LogP contribution in [0.5, 0.6) is 0 Å². The zero-order valence-corrected chi connectivity index (χ0v) is 11.9. The summed E-state index contributed by atoms with van der Waals surface area (Å²) < 4.78 is 27.8. The first-order chi connectivity index (χ1) is 9.77. The molecule has 1 aromatic heterocycles. The SMILES string of the molecule is CC(=Cc1ccc(-c2ccc(S(N)(=O)=O)cc2)o1)C(=O)O. The fourth-order valence-electron chi connectivity index (χ4n) is 1.67. The number of primary sulfonamides is 1. The molecule has 2 aromatic rings. The molecule has 0 bridgehead atoms. The van der Waals surface area contributed by atoms with Crippen LogP contribution in [0.3, 0.4) is 0 Å². The van der Waals surface area contributed by atoms with E-state index in [1.165, 1.54) is 25.1 Å². The van der Waals surface area contributed by atoms with Crippen LogP contribution in [0.1, 0.15) is 12.7 Å². The van der Waals surface area contributed by atoms with Gasteiger partial charge >= 0.3 is 5.97 Å². The van der Waals surface area contributed by atoms with Gasteiger partial charge in [-0.15, -0.1) is 0 Å². The van der Waals surface area contributed by atoms with Gasteiger partial charge in [-0.25, -0.2) is 18.4 Å². The van der Waals surface area contributed by atoms with Gasteiger partial charge in [0.25, 0.3) is 0 Å². The van der Waals surface area contributed by atoms with E-state index < -0.39 is 16.0 Å². The summed E-state index contributed by atoms with van der Waals surface area (Å²) in [6, 6.07) is 9.20. The number of rotatable bonds is 4. The molecule has 0 aliphatic heterocycles. The summed E-state index contributed by atoms with van der Waals surface area (Å²) in [5.74, 6) is -0.119. The van der Waals surface area contributed by atoms with Crippen LogP contribution in [0, 0.1) is 0 Å². The van der Waals surface area contributed by atoms with Gasteiger partial charge in [0.2, 0.25) is 10.0 Å². The predicted octanol–water partition coefficient (Wildman–Crippen LogP) is 2.08. The van der Waals surface area contributed by atoms with Gasteiger partial charge in [-0.05, 0) is 49.4 Å². The molecule has 3 N–H and O–H groups in total. The molecule has 0 unspecified atom stereocenters. The number of carboxylic acids is 1. The van der Waals surface area contributed by atoms with Crippen LogP contribution in [0.2, 0.25) is 0 Å². The number of hydrogen-bond acceptors (Lipinski definition) is 4. The Morgan fingerprint density at radius 3 is 2.33 bits per heavy atom. The van der Waals surface area contributed by atoms with E-state index in [9.17, 15) is 13.2 Å². The average Bonchev–Trinajstić information content (AvgIpc) is 2.86. The Morgan fingerprint density at radius 2 is 1.81 bits per heavy atom. The maximum atomic E-state index is 11.2. The van der Waals surface area contributed by atoms with Gasteiger partial charge in [-0.3, -0.25) is 0 Å². The molecule has 21 heavy (non-hydrogen) atoms. The predicted molar refractivity (Wildman–Crippen MR) is 76.8 cm³/mol. The second-order valence-corrected chi connectivity index (χ2v) is 5.97. The van der Waals surface area contributed by atoms with Crippen LogP contribution in [0.25, 0.3) is 17.4 Å². The standard InChI is InChI=1S/C14H13NO5S/c1-9(14(16)17)8-11-4-7-13(20-11)10-2-5-12(6-3-10)21(15,18)19/h2-8H,1H3,(H,16,17)(H2,15,18,19). The van der Waals surface area contributed by atoms with Gasteiger partial charge in [0.05, 0.1) is 4.90 Å². The van der Waals surface area contributed by atoms with Crippen LogP contribution in [-0.2, 0) is 14.8 Å². The molecule has 0 saturated heterocycles. The van der Waals surface area contributed by atoms with Crippen molar-refractivity contribution < 1.29 is 22.7 Å². The largest absolute Gasteiger partial charge is 0.478 e. The van der Waals surface area contributed by atoms with Crippen molar-refractivity contribution >= 4 is 22.1 Å². The molecular weight excluding hydrogens is 294 g/mol. The summed E-state index contributed by atoms with van der Waals surface area (Å²) in [5, 5.41) is 13.8. The van der Waals surface area contributed by atoms with Crippen LogP contribution < -0.4 is 5.14 Å². The van der Waals surface area contributed by atoms with Crippen molar-refractivity contribution in [2.75, 3.05) is 0 Å². The first kappa shape index (κ1) is 15.0. The topological polar surface area (TPSA) is 111 Å². The minimum absolute atomic E-state index is 0.0136. The Balaban J connectivity index is 2.30. The number of carboxylic acid groups (broad SMARTS) is 1. The molecule has 0 fully saturated rings. The lowest BCUT2D eigenvalue weighted by atomic mass is 10.2. The molecular formula is C14H13NO5S. The lowest BCUT2D eigenvalue weighted by Crippen LogP contribution is -2.11. The summed E-state index contributed by atoms with van der Waals surface area (Å²) in [6.45, 7) is 1.46. The van der Waals surface area contributed by atoms with Gasteiger partial charge in [0.1, 0.15) is 11.5 Å². The molecule has 2 rings (SSSR count). The second kappa shape index (κ2) is 5.55. The summed E-state index contributed by atoms with van der Waals surface area (Å²) in [7, 11) is -3.73. The molecule has 0 aliphatic carbocycles. The second-order valence-electron chi connectivity index (χ2n) is 4.40. The number of nitrogens with two attached hydrogens (primary N) is 1. The van der Waals surface area contributed by atoms with E-state index in [0.717, 1.165) is 0 Å². The quantitative estimate of drug-likeness (QED) is 0.840. The van der Waals surface area contributed by atoms with Crippen molar-refractivity contribution in [1.82, 2.24) is 0 Å². The molecule has 110 valence electrons. The molecule has 6 nitrogen and oxygen atoms in total. The first-order valence-corrected chi connectivity index (χ1v) is 7.46. The normalized spacial score (nSPS) is 12.4. The van der Waals surface area contributed by atoms with E-state index in [2.05, 4.69) is 0 Å². The van der Waals surface area contributed by atoms with Gasteiger partial charge in [0, 0.05) is 11.1 Å². The third-order valence-corrected chi connectivity index (χ3v) is 3.72. The van der Waals surface area contributed by atoms with Crippen molar-refractivity contribution in [1.29, 1.82) is 0 Å². The van der Waals surface area contributed by atoms with Crippen LogP contribution in [0.4, 0.5) is 0 Å². The highest BCUT2D eigenvalue weighted by atomic mass is 32.2. The Morgan fingerprint density at radius 1 is 1.19 bits per heavy atom. The summed E-state index contributed by atoms with van der Waals surface area (Å²) in [4.78, 5) is 10.7. The maximum absolute atomic E-state index is 11.2. The van der Waals surface area contributed by atoms with Crippen molar-refractivity contribution in [3.8, 4) is 11.3 Å². The highest BCUT2D eigenvalue weighted by Crippen LogP contribution is 2.24. The Hall–Kier alpha value is -2.38. The zero-order chi connectivity index (χ0) is 15.6. The van der Waals surface area contributed by atoms with Gasteiger partial charge in [-0.1, -0.05) is 0 Å². The van der Waals surface area contributed by atoms with Crippen LogP contribution in [-0.4, -0.2) is 19.5 Å². The molecule has 0 atom stereocenters. The summed E-state index contributed by atoms with van der Waals surface area (Å²) in [6.07, 6.45) is 1.41. The fourth-order valence-corrected chi connectivity index (χ4v) is 2.19. The van der Waals surface area contributed by atoms with Gasteiger partial charge < -0.3 is 9.52 Å². The fraction of sp³-hybridized carbons (Fsp3) is 0.0714. The molecule has 0 saturated carbocycles. The maximum Gasteiger partial charge on any atom is 0.331 e. The third-order valence-electron chi connectivity index (χ3n) is 2.79. The highest BCUT2D eigenvalue weighted by molar-refractivity contribution is 7.89. The minimum Gasteiger partial charge on any atom is -0.478 e. The lowest BCUT2D eigenvalue weighted by molar-refractivity contribution is -0.132. The first-order valence-electron chi connectivity index (χ1n) is 5.92. The third kappa shape index (κ3) is 3.59. The Labute approximate surface area is 121 Å². The molecule has 1 aromatic carbocycles. The van der Waals surface area contributed by atoms with E-state index in [4.69, 9.17) is 14.7 Å². The number of carbonyl (C=O) groups is 1. The summed E-state index contributed by atoms with van der Waals surface area (Å²) >= 11 is 0. The number of aliphatic carboxylic acids is 1. The number of furan rings is 1. The average molecular weight is 307 g/mol. The van der Waals surface area contributed by atoms with E-state index >= 15 is 0 Å². The van der Waals surface area contributed by atoms with Crippen molar-refractivity contribution in [3.63, 3.8) is 0 Å². The molecule has 0 spiro atoms. The Bertz CT molecular complexity index is 800. The van der Waals surface area contributed by atoms with Crippen molar-refractivity contribution in [3.05, 3.63) is 47.7 Å². The molecule has 0 amide bonds. The van der Waals surface area contributed by atoms with Crippen LogP contribution in [0.15, 0.2) is 51.3 Å². The molecule has 0 aliphatic rings. The molecule has 1 heterocycles. The summed E-state index contributed by atoms with van der Waals surface area (Å²) in [5.41, 5.74) is 0.815. The number of hydrogen-bond donors (Lipinski definition) is 2. The molecule has 7 heteroatoms. The van der Waals surface area contributed by atoms with E-state index in [1.54, 1.807) is 24.3 Å². The van der Waals surface area contributed by atoms with Gasteiger partial charge in [0.15, 0.2) is 0 Å². The van der Waals surface area contributed by atoms with Crippen LogP contribution >= 0.6 is 0 Å². The van der Waals surface area contributed by atoms with E-state index in [-0.39, 0.29) is 10.5 Å². The number of benzene rings is 1. The van der Waals surface area contributed by atoms with Crippen molar-refractivity contribution in [2.24, 2.45) is 5.14 Å². The lowest BCUT2D eigenvalue weighted by Gasteiger charge is -2.00. The van der Waals surface area contributed by atoms with Crippen molar-refractivity contribution in [2.45, 2.75) is 11.8 Å². The minimum atomic E-state index is -3.73. The monoisotopic (exact) mass is 307 g/mol. The highest BCUT2D eigenvalue weighted by Gasteiger charge is 2.09. The Kier molecular flexibility index (Phi) is 3.97.